The molecule has 3 rings (SSSR count). The van der Waals surface area contributed by atoms with Crippen LogP contribution in [0.1, 0.15) is 37.7 Å². The van der Waals surface area contributed by atoms with Gasteiger partial charge in [0.15, 0.2) is 0 Å². The van der Waals surface area contributed by atoms with Crippen LogP contribution >= 0.6 is 15.9 Å². The third-order valence-electron chi connectivity index (χ3n) is 3.57. The van der Waals surface area contributed by atoms with E-state index in [4.69, 9.17) is 0 Å². The zero-order valence-corrected chi connectivity index (χ0v) is 11.6. The zero-order chi connectivity index (χ0) is 12.0. The van der Waals surface area contributed by atoms with E-state index in [0.29, 0.717) is 6.04 Å². The molecule has 1 unspecified atom stereocenters. The standard InChI is InChI=1S/C14H15BrN2/c1-14(2)9-12(17-8-7-16-13(14)17)10-3-5-11(15)6-4-10/h3-8,12H,9H2,1-2H3. The highest BCUT2D eigenvalue weighted by Crippen LogP contribution is 2.42. The van der Waals surface area contributed by atoms with E-state index in [2.05, 4.69) is 69.8 Å². The van der Waals surface area contributed by atoms with Crippen molar-refractivity contribution in [2.45, 2.75) is 31.7 Å². The second-order valence-corrected chi connectivity index (χ2v) is 6.23. The van der Waals surface area contributed by atoms with Gasteiger partial charge in [-0.05, 0) is 24.1 Å². The number of fused-ring (bicyclic) bond motifs is 1. The van der Waals surface area contributed by atoms with Gasteiger partial charge in [-0.2, -0.15) is 0 Å². The van der Waals surface area contributed by atoms with E-state index < -0.39 is 0 Å². The lowest BCUT2D eigenvalue weighted by molar-refractivity contribution is 0.479. The van der Waals surface area contributed by atoms with Crippen molar-refractivity contribution in [1.82, 2.24) is 9.55 Å². The van der Waals surface area contributed by atoms with Crippen molar-refractivity contribution >= 4 is 15.9 Å². The van der Waals surface area contributed by atoms with Crippen LogP contribution in [0.5, 0.6) is 0 Å². The fraction of sp³-hybridized carbons (Fsp3) is 0.357. The molecule has 1 aliphatic heterocycles. The van der Waals surface area contributed by atoms with Crippen LogP contribution in [-0.2, 0) is 5.41 Å². The van der Waals surface area contributed by atoms with Crippen molar-refractivity contribution in [3.8, 4) is 0 Å². The molecule has 0 spiro atoms. The number of imidazole rings is 1. The average molecular weight is 291 g/mol. The van der Waals surface area contributed by atoms with Gasteiger partial charge in [-0.25, -0.2) is 4.98 Å². The Morgan fingerprint density at radius 2 is 2.00 bits per heavy atom. The molecule has 0 N–H and O–H groups in total. The smallest absolute Gasteiger partial charge is 0.114 e. The summed E-state index contributed by atoms with van der Waals surface area (Å²) in [4.78, 5) is 4.50. The van der Waals surface area contributed by atoms with Gasteiger partial charge in [-0.1, -0.05) is 41.9 Å². The number of nitrogens with zero attached hydrogens (tertiary/aromatic N) is 2. The summed E-state index contributed by atoms with van der Waals surface area (Å²) in [6, 6.07) is 9.03. The third kappa shape index (κ3) is 1.73. The Balaban J connectivity index is 2.05. The lowest BCUT2D eigenvalue weighted by atomic mass is 9.87. The van der Waals surface area contributed by atoms with E-state index in [-0.39, 0.29) is 5.41 Å². The van der Waals surface area contributed by atoms with Gasteiger partial charge in [0, 0.05) is 22.3 Å². The van der Waals surface area contributed by atoms with Gasteiger partial charge in [0.25, 0.3) is 0 Å². The maximum Gasteiger partial charge on any atom is 0.114 e. The second kappa shape index (κ2) is 3.70. The number of hydrogen-bond acceptors (Lipinski definition) is 1. The maximum absolute atomic E-state index is 4.50. The van der Waals surface area contributed by atoms with Gasteiger partial charge >= 0.3 is 0 Å². The second-order valence-electron chi connectivity index (χ2n) is 5.31. The van der Waals surface area contributed by atoms with Crippen LogP contribution in [0, 0.1) is 0 Å². The van der Waals surface area contributed by atoms with E-state index in [1.54, 1.807) is 0 Å². The number of hydrogen-bond donors (Lipinski definition) is 0. The van der Waals surface area contributed by atoms with Gasteiger partial charge in [-0.3, -0.25) is 0 Å². The van der Waals surface area contributed by atoms with Gasteiger partial charge in [-0.15, -0.1) is 0 Å². The topological polar surface area (TPSA) is 17.8 Å². The first kappa shape index (κ1) is 11.0. The Labute approximate surface area is 110 Å². The van der Waals surface area contributed by atoms with Crippen LogP contribution in [0.15, 0.2) is 41.1 Å². The van der Waals surface area contributed by atoms with Crippen molar-refractivity contribution in [2.75, 3.05) is 0 Å². The quantitative estimate of drug-likeness (QED) is 0.778. The summed E-state index contributed by atoms with van der Waals surface area (Å²) in [6.07, 6.45) is 5.12. The lowest BCUT2D eigenvalue weighted by Crippen LogP contribution is -2.13. The first-order chi connectivity index (χ1) is 8.08. The molecule has 2 nitrogen and oxygen atoms in total. The van der Waals surface area contributed by atoms with E-state index >= 15 is 0 Å². The molecule has 2 heterocycles. The number of halogens is 1. The summed E-state index contributed by atoms with van der Waals surface area (Å²) in [5, 5.41) is 0. The van der Waals surface area contributed by atoms with Crippen molar-refractivity contribution in [2.24, 2.45) is 0 Å². The molecule has 3 heteroatoms. The molecule has 17 heavy (non-hydrogen) atoms. The Bertz CT molecular complexity index is 540. The normalized spacial score (nSPS) is 21.5. The minimum Gasteiger partial charge on any atom is -0.327 e. The molecule has 0 radical (unpaired) electrons. The van der Waals surface area contributed by atoms with Crippen LogP contribution < -0.4 is 0 Å². The van der Waals surface area contributed by atoms with Crippen molar-refractivity contribution in [1.29, 1.82) is 0 Å². The molecular formula is C14H15BrN2. The van der Waals surface area contributed by atoms with Crippen molar-refractivity contribution < 1.29 is 0 Å². The molecule has 0 aliphatic carbocycles. The van der Waals surface area contributed by atoms with Crippen LogP contribution in [0.4, 0.5) is 0 Å². The molecule has 0 fully saturated rings. The summed E-state index contributed by atoms with van der Waals surface area (Å²) in [6.45, 7) is 4.54. The summed E-state index contributed by atoms with van der Waals surface area (Å²) in [5.74, 6) is 1.20. The molecular weight excluding hydrogens is 276 g/mol. The van der Waals surface area contributed by atoms with E-state index in [0.717, 1.165) is 10.9 Å². The maximum atomic E-state index is 4.50. The number of aromatic nitrogens is 2. The minimum atomic E-state index is 0.168. The SMILES string of the molecule is CC1(C)CC(c2ccc(Br)cc2)n2ccnc21. The Morgan fingerprint density at radius 3 is 2.71 bits per heavy atom. The minimum absolute atomic E-state index is 0.168. The van der Waals surface area contributed by atoms with Gasteiger partial charge in [0.2, 0.25) is 0 Å². The van der Waals surface area contributed by atoms with Crippen LogP contribution in [-0.4, -0.2) is 9.55 Å². The van der Waals surface area contributed by atoms with E-state index in [1.807, 2.05) is 6.20 Å². The molecule has 0 bridgehead atoms. The Hall–Kier alpha value is -1.09. The molecule has 1 aromatic carbocycles. The van der Waals surface area contributed by atoms with E-state index in [9.17, 15) is 0 Å². The Kier molecular flexibility index (Phi) is 2.40. The highest BCUT2D eigenvalue weighted by atomic mass is 79.9. The lowest BCUT2D eigenvalue weighted by Gasteiger charge is -2.16. The monoisotopic (exact) mass is 290 g/mol. The molecule has 1 aromatic heterocycles. The van der Waals surface area contributed by atoms with Gasteiger partial charge in [0.1, 0.15) is 5.82 Å². The summed E-state index contributed by atoms with van der Waals surface area (Å²) >= 11 is 3.48. The molecule has 1 aliphatic rings. The number of benzene rings is 1. The van der Waals surface area contributed by atoms with Crippen LogP contribution in [0.2, 0.25) is 0 Å². The molecule has 1 atom stereocenters. The fourth-order valence-electron chi connectivity index (χ4n) is 2.73. The third-order valence-corrected chi connectivity index (χ3v) is 4.10. The zero-order valence-electron chi connectivity index (χ0n) is 10.0. The van der Waals surface area contributed by atoms with Crippen LogP contribution in [0.25, 0.3) is 0 Å². The average Bonchev–Trinajstić information content (AvgIpc) is 2.84. The molecule has 2 aromatic rings. The Morgan fingerprint density at radius 1 is 1.29 bits per heavy atom. The highest BCUT2D eigenvalue weighted by molar-refractivity contribution is 9.10. The predicted molar refractivity (Wildman–Crippen MR) is 72.2 cm³/mol. The van der Waals surface area contributed by atoms with Gasteiger partial charge in [0.05, 0.1) is 6.04 Å². The molecule has 0 saturated carbocycles. The van der Waals surface area contributed by atoms with Crippen molar-refractivity contribution in [3.05, 3.63) is 52.5 Å². The van der Waals surface area contributed by atoms with E-state index in [1.165, 1.54) is 11.4 Å². The molecule has 0 saturated heterocycles. The van der Waals surface area contributed by atoms with Crippen LogP contribution in [0.3, 0.4) is 0 Å². The fourth-order valence-corrected chi connectivity index (χ4v) is 2.99. The predicted octanol–water partition coefficient (Wildman–Crippen LogP) is 3.92. The number of rotatable bonds is 1. The summed E-state index contributed by atoms with van der Waals surface area (Å²) in [5.41, 5.74) is 1.53. The van der Waals surface area contributed by atoms with Crippen molar-refractivity contribution in [3.63, 3.8) is 0 Å². The van der Waals surface area contributed by atoms with Gasteiger partial charge < -0.3 is 4.57 Å². The summed E-state index contributed by atoms with van der Waals surface area (Å²) < 4.78 is 3.44. The first-order valence-electron chi connectivity index (χ1n) is 5.87. The highest BCUT2D eigenvalue weighted by Gasteiger charge is 2.38. The largest absolute Gasteiger partial charge is 0.327 e. The summed E-state index contributed by atoms with van der Waals surface area (Å²) in [7, 11) is 0. The first-order valence-corrected chi connectivity index (χ1v) is 6.66. The molecule has 88 valence electrons. The molecule has 0 amide bonds.